The second-order valence-electron chi connectivity index (χ2n) is 6.11. The molecule has 0 unspecified atom stereocenters. The number of amides is 1. The topological polar surface area (TPSA) is 50.7 Å². The van der Waals surface area contributed by atoms with E-state index in [1.807, 2.05) is 54.6 Å². The minimum absolute atomic E-state index is 0.190. The summed E-state index contributed by atoms with van der Waals surface area (Å²) in [6.45, 7) is 0.368. The van der Waals surface area contributed by atoms with E-state index in [0.29, 0.717) is 22.4 Å². The predicted octanol–water partition coefficient (Wildman–Crippen LogP) is 6.58. The lowest BCUT2D eigenvalue weighted by molar-refractivity contribution is -0.118. The molecule has 3 aromatic rings. The number of hydrogen-bond donors (Lipinski definition) is 1. The van der Waals surface area contributed by atoms with Crippen LogP contribution in [0.15, 0.2) is 81.2 Å². The highest BCUT2D eigenvalue weighted by molar-refractivity contribution is 9.10. The monoisotopic (exact) mass is 522 g/mol. The van der Waals surface area contributed by atoms with E-state index in [4.69, 9.17) is 27.9 Å². The van der Waals surface area contributed by atoms with Crippen molar-refractivity contribution in [3.05, 3.63) is 92.4 Å². The van der Waals surface area contributed by atoms with Crippen molar-refractivity contribution in [1.29, 1.82) is 0 Å². The Bertz CT molecular complexity index is 1050. The van der Waals surface area contributed by atoms with E-state index in [1.54, 1.807) is 18.3 Å². The molecule has 0 saturated heterocycles. The van der Waals surface area contributed by atoms with Crippen LogP contribution in [-0.4, -0.2) is 17.9 Å². The molecule has 0 aromatic heterocycles. The second-order valence-corrected chi connectivity index (χ2v) is 8.85. The Labute approximate surface area is 197 Å². The largest absolute Gasteiger partial charge is 0.488 e. The Hall–Kier alpha value is -1.99. The van der Waals surface area contributed by atoms with Crippen molar-refractivity contribution in [3.63, 3.8) is 0 Å². The van der Waals surface area contributed by atoms with Crippen LogP contribution in [0, 0.1) is 0 Å². The number of ether oxygens (including phenoxy) is 1. The maximum absolute atomic E-state index is 11.9. The van der Waals surface area contributed by atoms with Crippen molar-refractivity contribution < 1.29 is 9.53 Å². The molecule has 0 saturated carbocycles. The quantitative estimate of drug-likeness (QED) is 0.206. The lowest BCUT2D eigenvalue weighted by Gasteiger charge is -2.10. The first-order chi connectivity index (χ1) is 14.5. The number of rotatable bonds is 8. The summed E-state index contributed by atoms with van der Waals surface area (Å²) in [5, 5.41) is 5.34. The number of nitrogens with one attached hydrogen (secondary N) is 1. The van der Waals surface area contributed by atoms with E-state index in [2.05, 4.69) is 26.5 Å². The first kappa shape index (κ1) is 22.7. The first-order valence-corrected chi connectivity index (χ1v) is 11.4. The van der Waals surface area contributed by atoms with Gasteiger partial charge in [-0.2, -0.15) is 5.10 Å². The SMILES string of the molecule is O=C(CSc1ccc(Cl)cc1)N/N=C\c1ccc(OCc2ccccc2Cl)c(Br)c1. The maximum Gasteiger partial charge on any atom is 0.250 e. The summed E-state index contributed by atoms with van der Waals surface area (Å²) in [4.78, 5) is 12.9. The molecule has 0 aliphatic rings. The molecule has 0 bridgehead atoms. The highest BCUT2D eigenvalue weighted by atomic mass is 79.9. The van der Waals surface area contributed by atoms with Gasteiger partial charge in [0.1, 0.15) is 12.4 Å². The van der Waals surface area contributed by atoms with E-state index in [-0.39, 0.29) is 11.7 Å². The smallest absolute Gasteiger partial charge is 0.250 e. The molecule has 0 atom stereocenters. The van der Waals surface area contributed by atoms with Crippen LogP contribution in [-0.2, 0) is 11.4 Å². The Morgan fingerprint density at radius 2 is 1.87 bits per heavy atom. The summed E-state index contributed by atoms with van der Waals surface area (Å²) < 4.78 is 6.61. The Morgan fingerprint density at radius 3 is 2.60 bits per heavy atom. The van der Waals surface area contributed by atoms with Gasteiger partial charge in [0.2, 0.25) is 5.91 Å². The Morgan fingerprint density at radius 1 is 1.10 bits per heavy atom. The summed E-state index contributed by atoms with van der Waals surface area (Å²) in [5.41, 5.74) is 4.25. The third-order valence-electron chi connectivity index (χ3n) is 3.88. The van der Waals surface area contributed by atoms with Gasteiger partial charge in [0.05, 0.1) is 16.4 Å². The third kappa shape index (κ3) is 7.06. The average molecular weight is 524 g/mol. The van der Waals surface area contributed by atoms with Crippen molar-refractivity contribution in [2.24, 2.45) is 5.10 Å². The van der Waals surface area contributed by atoms with Crippen molar-refractivity contribution in [1.82, 2.24) is 5.43 Å². The molecule has 8 heteroatoms. The second kappa shape index (κ2) is 11.4. The van der Waals surface area contributed by atoms with Crippen molar-refractivity contribution in [3.8, 4) is 5.75 Å². The molecular formula is C22H17BrCl2N2O2S. The summed E-state index contributed by atoms with van der Waals surface area (Å²) in [6, 6.07) is 20.4. The van der Waals surface area contributed by atoms with Gasteiger partial charge in [0, 0.05) is 20.5 Å². The van der Waals surface area contributed by atoms with Crippen LogP contribution in [0.4, 0.5) is 0 Å². The molecule has 3 aromatic carbocycles. The molecule has 4 nitrogen and oxygen atoms in total. The summed E-state index contributed by atoms with van der Waals surface area (Å²) in [5.74, 6) is 0.762. The molecule has 1 amide bonds. The number of carbonyl (C=O) groups excluding carboxylic acids is 1. The lowest BCUT2D eigenvalue weighted by atomic mass is 10.2. The standard InChI is InChI=1S/C22H17BrCl2N2O2S/c23-19-11-15(5-10-21(19)29-13-16-3-1-2-4-20(16)25)12-26-27-22(28)14-30-18-8-6-17(24)7-9-18/h1-12H,13-14H2,(H,27,28)/b26-12-. The zero-order valence-electron chi connectivity index (χ0n) is 15.6. The van der Waals surface area contributed by atoms with Gasteiger partial charge in [-0.3, -0.25) is 4.79 Å². The number of hydrogen-bond acceptors (Lipinski definition) is 4. The van der Waals surface area contributed by atoms with E-state index < -0.39 is 0 Å². The predicted molar refractivity (Wildman–Crippen MR) is 128 cm³/mol. The zero-order valence-corrected chi connectivity index (χ0v) is 19.6. The van der Waals surface area contributed by atoms with Crippen LogP contribution in [0.1, 0.15) is 11.1 Å². The first-order valence-electron chi connectivity index (χ1n) is 8.87. The highest BCUT2D eigenvalue weighted by Crippen LogP contribution is 2.27. The van der Waals surface area contributed by atoms with E-state index in [9.17, 15) is 4.79 Å². The van der Waals surface area contributed by atoms with E-state index >= 15 is 0 Å². The lowest BCUT2D eigenvalue weighted by Crippen LogP contribution is -2.19. The fourth-order valence-electron chi connectivity index (χ4n) is 2.38. The molecule has 1 N–H and O–H groups in total. The minimum atomic E-state index is -0.190. The van der Waals surface area contributed by atoms with Gasteiger partial charge < -0.3 is 4.74 Å². The number of hydrazone groups is 1. The third-order valence-corrected chi connectivity index (χ3v) is 6.14. The molecule has 0 radical (unpaired) electrons. The maximum atomic E-state index is 11.9. The fourth-order valence-corrected chi connectivity index (χ4v) is 3.89. The molecule has 0 spiro atoms. The molecule has 30 heavy (non-hydrogen) atoms. The summed E-state index contributed by atoms with van der Waals surface area (Å²) >= 11 is 16.9. The number of halogens is 3. The normalized spacial score (nSPS) is 10.9. The molecule has 0 aliphatic heterocycles. The molecular weight excluding hydrogens is 507 g/mol. The molecule has 3 rings (SSSR count). The molecule has 154 valence electrons. The number of thioether (sulfide) groups is 1. The van der Waals surface area contributed by atoms with E-state index in [1.165, 1.54) is 11.8 Å². The van der Waals surface area contributed by atoms with Crippen LogP contribution in [0.3, 0.4) is 0 Å². The molecule has 0 fully saturated rings. The summed E-state index contributed by atoms with van der Waals surface area (Å²) in [7, 11) is 0. The fraction of sp³-hybridized carbons (Fsp3) is 0.0909. The van der Waals surface area contributed by atoms with Gasteiger partial charge in [0.15, 0.2) is 0 Å². The van der Waals surface area contributed by atoms with Crippen LogP contribution in [0.25, 0.3) is 0 Å². The van der Waals surface area contributed by atoms with Gasteiger partial charge in [-0.1, -0.05) is 41.4 Å². The van der Waals surface area contributed by atoms with Crippen molar-refractivity contribution in [2.45, 2.75) is 11.5 Å². The highest BCUT2D eigenvalue weighted by Gasteiger charge is 2.05. The van der Waals surface area contributed by atoms with E-state index in [0.717, 1.165) is 20.5 Å². The van der Waals surface area contributed by atoms with Gasteiger partial charge in [0.25, 0.3) is 0 Å². The Balaban J connectivity index is 1.48. The molecule has 0 aliphatic carbocycles. The van der Waals surface area contributed by atoms with Crippen LogP contribution < -0.4 is 10.2 Å². The minimum Gasteiger partial charge on any atom is -0.488 e. The van der Waals surface area contributed by atoms with Gasteiger partial charge in [-0.05, 0) is 70.0 Å². The van der Waals surface area contributed by atoms with Crippen molar-refractivity contribution >= 4 is 63.0 Å². The number of carbonyl (C=O) groups is 1. The van der Waals surface area contributed by atoms with Crippen molar-refractivity contribution in [2.75, 3.05) is 5.75 Å². The van der Waals surface area contributed by atoms with Gasteiger partial charge >= 0.3 is 0 Å². The summed E-state index contributed by atoms with van der Waals surface area (Å²) in [6.07, 6.45) is 1.58. The van der Waals surface area contributed by atoms with Crippen LogP contribution in [0.5, 0.6) is 5.75 Å². The molecule has 0 heterocycles. The van der Waals surface area contributed by atoms with Gasteiger partial charge in [-0.25, -0.2) is 5.43 Å². The zero-order chi connectivity index (χ0) is 21.3. The number of benzene rings is 3. The van der Waals surface area contributed by atoms with Gasteiger partial charge in [-0.15, -0.1) is 11.8 Å². The average Bonchev–Trinajstić information content (AvgIpc) is 2.74. The van der Waals surface area contributed by atoms with Crippen LogP contribution >= 0.6 is 50.9 Å². The van der Waals surface area contributed by atoms with Crippen LogP contribution in [0.2, 0.25) is 10.0 Å². The number of nitrogens with zero attached hydrogens (tertiary/aromatic N) is 1. The Kier molecular flexibility index (Phi) is 8.63.